The van der Waals surface area contributed by atoms with Gasteiger partial charge in [-0.3, -0.25) is 0 Å². The highest BCUT2D eigenvalue weighted by atomic mass is 35.5. The Labute approximate surface area is 197 Å². The summed E-state index contributed by atoms with van der Waals surface area (Å²) in [5, 5.41) is 5.49. The number of anilines is 1. The Morgan fingerprint density at radius 2 is 1.81 bits per heavy atom. The molecule has 1 heterocycles. The summed E-state index contributed by atoms with van der Waals surface area (Å²) in [5.74, 6) is 1.59. The maximum absolute atomic E-state index is 6.28. The molecule has 0 fully saturated rings. The largest absolute Gasteiger partial charge is 0.367 e. The van der Waals surface area contributed by atoms with Gasteiger partial charge in [0, 0.05) is 16.5 Å². The van der Waals surface area contributed by atoms with Crippen molar-refractivity contribution in [3.8, 4) is 0 Å². The lowest BCUT2D eigenvalue weighted by atomic mass is 10.1. The number of rotatable bonds is 10. The van der Waals surface area contributed by atoms with Crippen molar-refractivity contribution in [2.24, 2.45) is 0 Å². The molecule has 0 saturated carbocycles. The van der Waals surface area contributed by atoms with E-state index in [1.807, 2.05) is 31.2 Å². The van der Waals surface area contributed by atoms with Gasteiger partial charge in [0.2, 0.25) is 0 Å². The minimum atomic E-state index is 0.330. The lowest BCUT2D eigenvalue weighted by molar-refractivity contribution is 0.295. The first-order valence-corrected chi connectivity index (χ1v) is 12.0. The van der Waals surface area contributed by atoms with Crippen molar-refractivity contribution in [2.75, 3.05) is 25.0 Å². The summed E-state index contributed by atoms with van der Waals surface area (Å²) in [6.45, 7) is 14.1. The number of nitrogens with zero attached hydrogens (tertiary/aromatic N) is 3. The number of nitrogens with one attached hydrogen (secondary N) is 1. The van der Waals surface area contributed by atoms with Gasteiger partial charge < -0.3 is 10.2 Å². The van der Waals surface area contributed by atoms with Crippen LogP contribution < -0.4 is 5.32 Å². The molecular weight excluding hydrogens is 416 g/mol. The topological polar surface area (TPSA) is 41.0 Å². The number of aromatic nitrogens is 2. The van der Waals surface area contributed by atoms with Crippen LogP contribution in [0.15, 0.2) is 36.4 Å². The van der Waals surface area contributed by atoms with E-state index in [1.54, 1.807) is 0 Å². The van der Waals surface area contributed by atoms with E-state index in [2.05, 4.69) is 62.2 Å². The summed E-state index contributed by atoms with van der Waals surface area (Å²) in [6, 6.07) is 12.6. The van der Waals surface area contributed by atoms with Gasteiger partial charge in [-0.2, -0.15) is 0 Å². The Hall–Kier alpha value is -2.43. The second kappa shape index (κ2) is 11.4. The van der Waals surface area contributed by atoms with E-state index in [1.165, 1.54) is 6.42 Å². The molecule has 1 N–H and O–H groups in total. The van der Waals surface area contributed by atoms with Crippen LogP contribution in [-0.2, 0) is 0 Å². The average molecular weight is 451 g/mol. The number of benzene rings is 2. The quantitative estimate of drug-likeness (QED) is 0.361. The summed E-state index contributed by atoms with van der Waals surface area (Å²) in [5.41, 5.74) is 4.24. The van der Waals surface area contributed by atoms with E-state index >= 15 is 0 Å². The van der Waals surface area contributed by atoms with Crippen molar-refractivity contribution < 1.29 is 0 Å². The fourth-order valence-electron chi connectivity index (χ4n) is 3.85. The Morgan fingerprint density at radius 1 is 1.03 bits per heavy atom. The third-order valence-corrected chi connectivity index (χ3v) is 6.36. The third-order valence-electron chi connectivity index (χ3n) is 5.96. The molecule has 0 aliphatic carbocycles. The maximum Gasteiger partial charge on any atom is 0.154 e. The van der Waals surface area contributed by atoms with E-state index in [0.29, 0.717) is 11.9 Å². The number of hydrogen-bond acceptors (Lipinski definition) is 4. The highest BCUT2D eigenvalue weighted by molar-refractivity contribution is 6.31. The Bertz CT molecular complexity index is 1070. The van der Waals surface area contributed by atoms with Gasteiger partial charge >= 0.3 is 0 Å². The predicted octanol–water partition coefficient (Wildman–Crippen LogP) is 6.99. The van der Waals surface area contributed by atoms with E-state index in [0.717, 1.165) is 64.5 Å². The molecule has 1 unspecified atom stereocenters. The van der Waals surface area contributed by atoms with Gasteiger partial charge in [-0.05, 0) is 88.1 Å². The van der Waals surface area contributed by atoms with Gasteiger partial charge in [0.1, 0.15) is 5.82 Å². The molecule has 0 spiro atoms. The molecule has 0 amide bonds. The van der Waals surface area contributed by atoms with Crippen LogP contribution in [0.2, 0.25) is 5.02 Å². The fraction of sp³-hybridized carbons (Fsp3) is 0.407. The predicted molar refractivity (Wildman–Crippen MR) is 139 cm³/mol. The van der Waals surface area contributed by atoms with Crippen molar-refractivity contribution in [1.29, 1.82) is 0 Å². The molecule has 3 aromatic rings. The molecule has 32 heavy (non-hydrogen) atoms. The first-order valence-electron chi connectivity index (χ1n) is 11.6. The van der Waals surface area contributed by atoms with E-state index < -0.39 is 0 Å². The molecule has 1 aromatic heterocycles. The molecule has 5 heteroatoms. The maximum atomic E-state index is 6.28. The number of aryl methyl sites for hydroxylation is 2. The molecule has 0 bridgehead atoms. The summed E-state index contributed by atoms with van der Waals surface area (Å²) >= 11 is 6.28. The molecule has 1 atom stereocenters. The standard InChI is InChI=1S/C27H35ClN4/c1-6-32(7-2)17-9-11-21(5)29-27-23-12-8-10-20(4)26(23)30-25(31-27)16-15-22-14-13-19(3)24(28)18-22/h8,10,12-16,18,21H,6-7,9,11,17H2,1-5H3,(H,29,30,31)/b16-15+. The Morgan fingerprint density at radius 3 is 2.53 bits per heavy atom. The van der Waals surface area contributed by atoms with Crippen LogP contribution in [-0.4, -0.2) is 40.5 Å². The van der Waals surface area contributed by atoms with Gasteiger partial charge in [0.05, 0.1) is 5.52 Å². The molecule has 2 aromatic carbocycles. The van der Waals surface area contributed by atoms with Crippen LogP contribution in [0.25, 0.3) is 23.1 Å². The first kappa shape index (κ1) is 24.2. The molecular formula is C27H35ClN4. The van der Waals surface area contributed by atoms with Crippen molar-refractivity contribution in [3.05, 3.63) is 63.9 Å². The van der Waals surface area contributed by atoms with Crippen molar-refractivity contribution in [1.82, 2.24) is 14.9 Å². The number of halogens is 1. The summed E-state index contributed by atoms with van der Waals surface area (Å²) in [6.07, 6.45) is 6.24. The van der Waals surface area contributed by atoms with Crippen molar-refractivity contribution >= 4 is 40.5 Å². The zero-order valence-corrected chi connectivity index (χ0v) is 20.7. The SMILES string of the molecule is CCN(CC)CCCC(C)Nc1nc(/C=C/c2ccc(C)c(Cl)c2)nc2c(C)cccc12. The van der Waals surface area contributed by atoms with Gasteiger partial charge in [-0.15, -0.1) is 0 Å². The monoisotopic (exact) mass is 450 g/mol. The van der Waals surface area contributed by atoms with Gasteiger partial charge in [-0.1, -0.05) is 55.8 Å². The summed E-state index contributed by atoms with van der Waals surface area (Å²) < 4.78 is 0. The van der Waals surface area contributed by atoms with E-state index in [9.17, 15) is 0 Å². The third kappa shape index (κ3) is 6.30. The Kier molecular flexibility index (Phi) is 8.66. The second-order valence-electron chi connectivity index (χ2n) is 8.46. The van der Waals surface area contributed by atoms with Crippen LogP contribution >= 0.6 is 11.6 Å². The molecule has 0 radical (unpaired) electrons. The van der Waals surface area contributed by atoms with Gasteiger partial charge in [0.15, 0.2) is 5.82 Å². The fourth-order valence-corrected chi connectivity index (χ4v) is 4.04. The van der Waals surface area contributed by atoms with Gasteiger partial charge in [-0.25, -0.2) is 9.97 Å². The van der Waals surface area contributed by atoms with Crippen LogP contribution in [0.1, 0.15) is 56.1 Å². The zero-order chi connectivity index (χ0) is 23.1. The zero-order valence-electron chi connectivity index (χ0n) is 20.0. The van der Waals surface area contributed by atoms with Crippen molar-refractivity contribution in [2.45, 2.75) is 53.5 Å². The minimum Gasteiger partial charge on any atom is -0.367 e. The van der Waals surface area contributed by atoms with Gasteiger partial charge in [0.25, 0.3) is 0 Å². The van der Waals surface area contributed by atoms with Crippen LogP contribution in [0.3, 0.4) is 0 Å². The summed E-state index contributed by atoms with van der Waals surface area (Å²) in [4.78, 5) is 12.2. The van der Waals surface area contributed by atoms with Crippen molar-refractivity contribution in [3.63, 3.8) is 0 Å². The minimum absolute atomic E-state index is 0.330. The van der Waals surface area contributed by atoms with Crippen LogP contribution in [0.5, 0.6) is 0 Å². The molecule has 0 aliphatic rings. The van der Waals surface area contributed by atoms with Crippen LogP contribution in [0.4, 0.5) is 5.82 Å². The number of hydrogen-bond donors (Lipinski definition) is 1. The highest BCUT2D eigenvalue weighted by Gasteiger charge is 2.11. The molecule has 0 aliphatic heterocycles. The average Bonchev–Trinajstić information content (AvgIpc) is 2.78. The number of fused-ring (bicyclic) bond motifs is 1. The second-order valence-corrected chi connectivity index (χ2v) is 8.87. The van der Waals surface area contributed by atoms with E-state index in [4.69, 9.17) is 21.6 Å². The molecule has 170 valence electrons. The molecule has 4 nitrogen and oxygen atoms in total. The normalized spacial score (nSPS) is 12.7. The lowest BCUT2D eigenvalue weighted by Gasteiger charge is -2.20. The molecule has 0 saturated heterocycles. The highest BCUT2D eigenvalue weighted by Crippen LogP contribution is 2.25. The number of para-hydroxylation sites is 1. The molecule has 3 rings (SSSR count). The Balaban J connectivity index is 1.82. The smallest absolute Gasteiger partial charge is 0.154 e. The van der Waals surface area contributed by atoms with Crippen LogP contribution in [0, 0.1) is 13.8 Å². The summed E-state index contributed by atoms with van der Waals surface area (Å²) in [7, 11) is 0. The lowest BCUT2D eigenvalue weighted by Crippen LogP contribution is -2.25. The first-order chi connectivity index (χ1) is 15.4. The van der Waals surface area contributed by atoms with E-state index in [-0.39, 0.29) is 0 Å².